The summed E-state index contributed by atoms with van der Waals surface area (Å²) in [5.41, 5.74) is 0.289. The van der Waals surface area contributed by atoms with Crippen LogP contribution < -0.4 is 10.1 Å². The van der Waals surface area contributed by atoms with Crippen LogP contribution in [-0.4, -0.2) is 46.9 Å². The van der Waals surface area contributed by atoms with Crippen molar-refractivity contribution in [3.05, 3.63) is 63.6 Å². The highest BCUT2D eigenvalue weighted by molar-refractivity contribution is 6.35. The first-order chi connectivity index (χ1) is 16.8. The predicted octanol–water partition coefficient (Wildman–Crippen LogP) is 4.48. The zero-order valence-electron chi connectivity index (χ0n) is 19.3. The summed E-state index contributed by atoms with van der Waals surface area (Å²) in [5, 5.41) is 13.4. The summed E-state index contributed by atoms with van der Waals surface area (Å²) < 4.78 is 5.77. The van der Waals surface area contributed by atoms with Crippen LogP contribution in [0.4, 0.5) is 0 Å². The Labute approximate surface area is 214 Å². The lowest BCUT2D eigenvalue weighted by molar-refractivity contribution is -0.148. The zero-order valence-corrected chi connectivity index (χ0v) is 20.8. The molecule has 2 amide bonds. The second-order valence-corrected chi connectivity index (χ2v) is 9.95. The van der Waals surface area contributed by atoms with Gasteiger partial charge in [0.1, 0.15) is 23.8 Å². The molecule has 9 heteroatoms. The average Bonchev–Trinajstić information content (AvgIpc) is 3.66. The second kappa shape index (κ2) is 10.9. The number of nitrogens with one attached hydrogen (secondary N) is 1. The third-order valence-corrected chi connectivity index (χ3v) is 7.36. The van der Waals surface area contributed by atoms with Crippen molar-refractivity contribution < 1.29 is 24.2 Å². The number of hydrogen-bond acceptors (Lipinski definition) is 4. The number of likely N-dealkylation sites (tertiary alicyclic amines) is 1. The SMILES string of the molecule is O=C(O)[C@H](Cc1ccc(OCc2c(Cl)cccc2Cl)cc1)NC(=O)C1(C(=O)N2CCCCC2)CC1. The number of carboxylic acid groups (broad SMARTS) is 1. The van der Waals surface area contributed by atoms with Crippen molar-refractivity contribution in [2.75, 3.05) is 13.1 Å². The number of carbonyl (C=O) groups is 3. The van der Waals surface area contributed by atoms with Crippen LogP contribution >= 0.6 is 23.2 Å². The number of hydrogen-bond donors (Lipinski definition) is 2. The summed E-state index contributed by atoms with van der Waals surface area (Å²) in [7, 11) is 0. The first-order valence-electron chi connectivity index (χ1n) is 11.8. The maximum atomic E-state index is 13.0. The second-order valence-electron chi connectivity index (χ2n) is 9.14. The van der Waals surface area contributed by atoms with Crippen molar-refractivity contribution in [1.82, 2.24) is 10.2 Å². The van der Waals surface area contributed by atoms with Crippen LogP contribution in [0.3, 0.4) is 0 Å². The van der Waals surface area contributed by atoms with Gasteiger partial charge in [0, 0.05) is 35.1 Å². The Morgan fingerprint density at radius 3 is 2.20 bits per heavy atom. The van der Waals surface area contributed by atoms with Gasteiger partial charge >= 0.3 is 5.97 Å². The summed E-state index contributed by atoms with van der Waals surface area (Å²) in [6, 6.07) is 11.0. The van der Waals surface area contributed by atoms with Crippen LogP contribution in [0.5, 0.6) is 5.75 Å². The van der Waals surface area contributed by atoms with E-state index in [-0.39, 0.29) is 18.9 Å². The van der Waals surface area contributed by atoms with E-state index in [9.17, 15) is 19.5 Å². The molecule has 2 aliphatic rings. The number of carbonyl (C=O) groups excluding carboxylic acids is 2. The molecule has 2 aromatic rings. The minimum Gasteiger partial charge on any atom is -0.489 e. The van der Waals surface area contributed by atoms with Gasteiger partial charge in [0.2, 0.25) is 11.8 Å². The lowest BCUT2D eigenvalue weighted by Gasteiger charge is -2.30. The highest BCUT2D eigenvalue weighted by Crippen LogP contribution is 2.48. The Balaban J connectivity index is 1.35. The summed E-state index contributed by atoms with van der Waals surface area (Å²) in [6.07, 6.45) is 3.97. The lowest BCUT2D eigenvalue weighted by Crippen LogP contribution is -2.51. The van der Waals surface area contributed by atoms with Gasteiger partial charge < -0.3 is 20.1 Å². The van der Waals surface area contributed by atoms with Crippen LogP contribution in [0.2, 0.25) is 10.0 Å². The Morgan fingerprint density at radius 1 is 1.00 bits per heavy atom. The smallest absolute Gasteiger partial charge is 0.326 e. The highest BCUT2D eigenvalue weighted by Gasteiger charge is 2.58. The van der Waals surface area contributed by atoms with Gasteiger partial charge in [-0.3, -0.25) is 9.59 Å². The van der Waals surface area contributed by atoms with E-state index in [1.807, 2.05) is 0 Å². The van der Waals surface area contributed by atoms with Crippen LogP contribution in [0.1, 0.15) is 43.2 Å². The number of piperidine rings is 1. The summed E-state index contributed by atoms with van der Waals surface area (Å²) in [4.78, 5) is 39.6. The molecule has 2 N–H and O–H groups in total. The van der Waals surface area contributed by atoms with Crippen LogP contribution in [0, 0.1) is 5.41 Å². The Hall–Kier alpha value is -2.77. The van der Waals surface area contributed by atoms with Crippen molar-refractivity contribution in [1.29, 1.82) is 0 Å². The number of nitrogens with zero attached hydrogens (tertiary/aromatic N) is 1. The summed E-state index contributed by atoms with van der Waals surface area (Å²) in [6.45, 7) is 1.51. The van der Waals surface area contributed by atoms with E-state index in [4.69, 9.17) is 27.9 Å². The molecule has 1 heterocycles. The van der Waals surface area contributed by atoms with Gasteiger partial charge in [-0.15, -0.1) is 0 Å². The number of benzene rings is 2. The summed E-state index contributed by atoms with van der Waals surface area (Å²) >= 11 is 12.3. The van der Waals surface area contributed by atoms with Crippen molar-refractivity contribution in [3.8, 4) is 5.75 Å². The molecule has 1 saturated heterocycles. The molecule has 0 unspecified atom stereocenters. The third kappa shape index (κ3) is 5.90. The van der Waals surface area contributed by atoms with Crippen molar-refractivity contribution in [3.63, 3.8) is 0 Å². The molecule has 7 nitrogen and oxygen atoms in total. The molecular formula is C26H28Cl2N2O5. The molecule has 0 radical (unpaired) electrons. The molecule has 2 aromatic carbocycles. The molecule has 0 bridgehead atoms. The summed E-state index contributed by atoms with van der Waals surface area (Å²) in [5.74, 6) is -1.23. The minimum absolute atomic E-state index is 0.0890. The third-order valence-electron chi connectivity index (χ3n) is 6.65. The number of ether oxygens (including phenoxy) is 1. The van der Waals surface area contributed by atoms with E-state index in [1.54, 1.807) is 47.4 Å². The first-order valence-corrected chi connectivity index (χ1v) is 12.5. The van der Waals surface area contributed by atoms with E-state index in [0.717, 1.165) is 19.3 Å². The Kier molecular flexibility index (Phi) is 7.87. The van der Waals surface area contributed by atoms with Crippen molar-refractivity contribution >= 4 is 41.0 Å². The fraction of sp³-hybridized carbons (Fsp3) is 0.423. The van der Waals surface area contributed by atoms with Gasteiger partial charge in [-0.05, 0) is 61.9 Å². The topological polar surface area (TPSA) is 95.9 Å². The van der Waals surface area contributed by atoms with Crippen LogP contribution in [-0.2, 0) is 27.4 Å². The molecule has 1 aliphatic heterocycles. The Morgan fingerprint density at radius 2 is 1.63 bits per heavy atom. The number of amides is 2. The van der Waals surface area contributed by atoms with E-state index < -0.39 is 23.3 Å². The van der Waals surface area contributed by atoms with Crippen LogP contribution in [0.25, 0.3) is 0 Å². The average molecular weight is 519 g/mol. The largest absolute Gasteiger partial charge is 0.489 e. The van der Waals surface area contributed by atoms with Crippen LogP contribution in [0.15, 0.2) is 42.5 Å². The van der Waals surface area contributed by atoms with E-state index >= 15 is 0 Å². The van der Waals surface area contributed by atoms with Gasteiger partial charge in [0.25, 0.3) is 0 Å². The monoisotopic (exact) mass is 518 g/mol. The molecule has 1 atom stereocenters. The normalized spacial score (nSPS) is 17.4. The molecule has 0 aromatic heterocycles. The maximum absolute atomic E-state index is 13.0. The zero-order chi connectivity index (χ0) is 25.0. The van der Waals surface area contributed by atoms with Crippen molar-refractivity contribution in [2.45, 2.75) is 51.2 Å². The van der Waals surface area contributed by atoms with Crippen molar-refractivity contribution in [2.24, 2.45) is 5.41 Å². The molecule has 35 heavy (non-hydrogen) atoms. The predicted molar refractivity (Wildman–Crippen MR) is 133 cm³/mol. The Bertz CT molecular complexity index is 1080. The number of rotatable bonds is 9. The number of aliphatic carboxylic acids is 1. The van der Waals surface area contributed by atoms with E-state index in [0.29, 0.717) is 52.9 Å². The first kappa shape index (κ1) is 25.3. The van der Waals surface area contributed by atoms with Gasteiger partial charge in [0.15, 0.2) is 0 Å². The molecular weight excluding hydrogens is 491 g/mol. The lowest BCUT2D eigenvalue weighted by atomic mass is 9.99. The standard InChI is InChI=1S/C26H28Cl2N2O5/c27-20-5-4-6-21(28)19(20)16-35-18-9-7-17(8-10-18)15-22(23(31)32)29-24(33)26(11-12-26)25(34)30-13-2-1-3-14-30/h4-10,22H,1-3,11-16H2,(H,29,33)(H,31,32)/t22-/m0/s1. The van der Waals surface area contributed by atoms with Gasteiger partial charge in [-0.2, -0.15) is 0 Å². The molecule has 4 rings (SSSR count). The highest BCUT2D eigenvalue weighted by atomic mass is 35.5. The molecule has 186 valence electrons. The fourth-order valence-corrected chi connectivity index (χ4v) is 4.85. The maximum Gasteiger partial charge on any atom is 0.326 e. The van der Waals surface area contributed by atoms with Gasteiger partial charge in [0.05, 0.1) is 0 Å². The van der Waals surface area contributed by atoms with Gasteiger partial charge in [-0.25, -0.2) is 4.79 Å². The molecule has 2 fully saturated rings. The fourth-order valence-electron chi connectivity index (χ4n) is 4.34. The van der Waals surface area contributed by atoms with E-state index in [1.165, 1.54) is 0 Å². The van der Waals surface area contributed by atoms with Gasteiger partial charge in [-0.1, -0.05) is 41.4 Å². The minimum atomic E-state index is -1.15. The molecule has 1 saturated carbocycles. The van der Waals surface area contributed by atoms with E-state index in [2.05, 4.69) is 5.32 Å². The number of carboxylic acids is 1. The molecule has 0 spiro atoms. The number of halogens is 2. The quantitative estimate of drug-likeness (QED) is 0.477. The molecule has 1 aliphatic carbocycles.